The van der Waals surface area contributed by atoms with Crippen LogP contribution in [0, 0.1) is 11.8 Å². The molecular weight excluding hydrogens is 184 g/mol. The van der Waals surface area contributed by atoms with Crippen molar-refractivity contribution in [3.05, 3.63) is 0 Å². The second kappa shape index (κ2) is 5.28. The largest absolute Gasteiger partial charge is 0.176 e. The molecule has 0 bridgehead atoms. The van der Waals surface area contributed by atoms with Gasteiger partial charge in [0.25, 0.3) is 0 Å². The predicted molar refractivity (Wildman–Crippen MR) is 61.7 cm³/mol. The molecule has 0 radical (unpaired) electrons. The van der Waals surface area contributed by atoms with E-state index in [1.54, 1.807) is 0 Å². The van der Waals surface area contributed by atoms with E-state index in [0.29, 0.717) is 5.04 Å². The first-order valence-electron chi connectivity index (χ1n) is 5.07. The van der Waals surface area contributed by atoms with Gasteiger partial charge in [-0.15, -0.1) is 0 Å². The van der Waals surface area contributed by atoms with E-state index in [2.05, 4.69) is 34.6 Å². The van der Waals surface area contributed by atoms with Gasteiger partial charge in [-0.2, -0.15) is 11.1 Å². The number of rotatable bonds is 5. The minimum atomic E-state index is -0.413. The topological polar surface area (TPSA) is 0 Å². The van der Waals surface area contributed by atoms with Crippen molar-refractivity contribution >= 4 is 19.9 Å². The summed E-state index contributed by atoms with van der Waals surface area (Å²) in [4.78, 5) is 0. The fourth-order valence-electron chi connectivity index (χ4n) is 2.08. The minimum absolute atomic E-state index is 0.413. The molecule has 0 aliphatic carbocycles. The molecule has 12 heavy (non-hydrogen) atoms. The Labute approximate surface area is 84.6 Å². The molecule has 0 amide bonds. The van der Waals surface area contributed by atoms with Gasteiger partial charge in [0.15, 0.2) is 0 Å². The lowest BCUT2D eigenvalue weighted by molar-refractivity contribution is 0.289. The SMILES string of the molecule is CCCC([SiH2]Cl)(C(C)C)C(C)C. The first-order chi connectivity index (χ1) is 5.51. The van der Waals surface area contributed by atoms with Gasteiger partial charge in [0.05, 0.1) is 0 Å². The standard InChI is InChI=1S/C10H23ClSi/c1-6-7-10(12-11,8(2)3)9(4)5/h8-9H,6-7,12H2,1-5H3. The molecular formula is C10H23ClSi. The highest BCUT2D eigenvalue weighted by Gasteiger charge is 2.35. The maximum Gasteiger partial charge on any atom is 0.131 e. The minimum Gasteiger partial charge on any atom is -0.176 e. The lowest BCUT2D eigenvalue weighted by Gasteiger charge is -2.39. The third kappa shape index (κ3) is 2.50. The van der Waals surface area contributed by atoms with Crippen molar-refractivity contribution in [2.75, 3.05) is 0 Å². The maximum absolute atomic E-state index is 6.23. The molecule has 0 aromatic rings. The van der Waals surface area contributed by atoms with Gasteiger partial charge in [0.1, 0.15) is 8.83 Å². The molecule has 2 heteroatoms. The molecule has 0 N–H and O–H groups in total. The normalized spacial score (nSPS) is 14.0. The van der Waals surface area contributed by atoms with Crippen LogP contribution in [0.1, 0.15) is 47.5 Å². The molecule has 0 nitrogen and oxygen atoms in total. The van der Waals surface area contributed by atoms with Crippen LogP contribution in [0.4, 0.5) is 0 Å². The summed E-state index contributed by atoms with van der Waals surface area (Å²) in [6.07, 6.45) is 2.59. The van der Waals surface area contributed by atoms with Gasteiger partial charge in [0.2, 0.25) is 0 Å². The Hall–Kier alpha value is 0.507. The van der Waals surface area contributed by atoms with Gasteiger partial charge in [0, 0.05) is 0 Å². The first-order valence-corrected chi connectivity index (χ1v) is 7.91. The van der Waals surface area contributed by atoms with E-state index < -0.39 is 8.83 Å². The monoisotopic (exact) mass is 206 g/mol. The number of halogens is 1. The Morgan fingerprint density at radius 1 is 1.17 bits per heavy atom. The zero-order valence-corrected chi connectivity index (χ0v) is 11.3. The van der Waals surface area contributed by atoms with E-state index in [4.69, 9.17) is 11.1 Å². The summed E-state index contributed by atoms with van der Waals surface area (Å²) in [6, 6.07) is 0. The lowest BCUT2D eigenvalue weighted by atomic mass is 9.81. The van der Waals surface area contributed by atoms with Crippen molar-refractivity contribution in [1.29, 1.82) is 0 Å². The second-order valence-corrected chi connectivity index (χ2v) is 6.81. The van der Waals surface area contributed by atoms with Crippen LogP contribution in [0.5, 0.6) is 0 Å². The zero-order chi connectivity index (χ0) is 9.78. The van der Waals surface area contributed by atoms with Crippen LogP contribution < -0.4 is 0 Å². The van der Waals surface area contributed by atoms with E-state index in [-0.39, 0.29) is 0 Å². The van der Waals surface area contributed by atoms with Crippen molar-refractivity contribution in [2.45, 2.75) is 52.5 Å². The summed E-state index contributed by atoms with van der Waals surface area (Å²) in [5, 5.41) is 0.496. The molecule has 0 unspecified atom stereocenters. The summed E-state index contributed by atoms with van der Waals surface area (Å²) in [5.41, 5.74) is 0. The highest BCUT2D eigenvalue weighted by molar-refractivity contribution is 6.95. The molecule has 0 fully saturated rings. The first kappa shape index (κ1) is 12.5. The maximum atomic E-state index is 6.23. The number of hydrogen-bond acceptors (Lipinski definition) is 0. The molecule has 0 rings (SSSR count). The van der Waals surface area contributed by atoms with Crippen LogP contribution >= 0.6 is 11.1 Å². The summed E-state index contributed by atoms with van der Waals surface area (Å²) in [6.45, 7) is 11.6. The average Bonchev–Trinajstić information content (AvgIpc) is 1.98. The highest BCUT2D eigenvalue weighted by atomic mass is 35.6. The fraction of sp³-hybridized carbons (Fsp3) is 1.00. The smallest absolute Gasteiger partial charge is 0.131 e. The van der Waals surface area contributed by atoms with Gasteiger partial charge in [-0.25, -0.2) is 0 Å². The van der Waals surface area contributed by atoms with Crippen molar-refractivity contribution in [3.8, 4) is 0 Å². The average molecular weight is 207 g/mol. The molecule has 0 spiro atoms. The Bertz CT molecular complexity index is 113. The molecule has 74 valence electrons. The Kier molecular flexibility index (Phi) is 5.51. The molecule has 0 atom stereocenters. The van der Waals surface area contributed by atoms with E-state index >= 15 is 0 Å². The van der Waals surface area contributed by atoms with Crippen LogP contribution in [0.25, 0.3) is 0 Å². The van der Waals surface area contributed by atoms with Gasteiger partial charge >= 0.3 is 0 Å². The van der Waals surface area contributed by atoms with Crippen molar-refractivity contribution in [1.82, 2.24) is 0 Å². The van der Waals surface area contributed by atoms with Crippen molar-refractivity contribution in [3.63, 3.8) is 0 Å². The van der Waals surface area contributed by atoms with E-state index in [9.17, 15) is 0 Å². The third-order valence-corrected chi connectivity index (χ3v) is 7.24. The second-order valence-electron chi connectivity index (χ2n) is 4.43. The zero-order valence-electron chi connectivity index (χ0n) is 9.15. The molecule has 0 aliphatic heterocycles. The highest BCUT2D eigenvalue weighted by Crippen LogP contribution is 2.47. The van der Waals surface area contributed by atoms with Gasteiger partial charge < -0.3 is 0 Å². The summed E-state index contributed by atoms with van der Waals surface area (Å²) < 4.78 is 0. The van der Waals surface area contributed by atoms with Gasteiger partial charge in [-0.1, -0.05) is 41.0 Å². The van der Waals surface area contributed by atoms with Crippen molar-refractivity contribution in [2.24, 2.45) is 11.8 Å². The van der Waals surface area contributed by atoms with Crippen LogP contribution in [0.15, 0.2) is 0 Å². The summed E-state index contributed by atoms with van der Waals surface area (Å²) in [7, 11) is -0.413. The molecule has 0 saturated carbocycles. The lowest BCUT2D eigenvalue weighted by Crippen LogP contribution is -2.29. The summed E-state index contributed by atoms with van der Waals surface area (Å²) in [5.74, 6) is 1.50. The van der Waals surface area contributed by atoms with Crippen LogP contribution in [0.3, 0.4) is 0 Å². The molecule has 0 aromatic heterocycles. The quantitative estimate of drug-likeness (QED) is 0.477. The predicted octanol–water partition coefficient (Wildman–Crippen LogP) is 3.58. The molecule has 0 saturated heterocycles. The molecule has 0 heterocycles. The van der Waals surface area contributed by atoms with Gasteiger partial charge in [-0.3, -0.25) is 0 Å². The van der Waals surface area contributed by atoms with E-state index in [0.717, 1.165) is 11.8 Å². The Balaban J connectivity index is 4.51. The van der Waals surface area contributed by atoms with Crippen LogP contribution in [-0.4, -0.2) is 8.83 Å². The number of hydrogen-bond donors (Lipinski definition) is 0. The third-order valence-electron chi connectivity index (χ3n) is 3.26. The Morgan fingerprint density at radius 2 is 1.58 bits per heavy atom. The van der Waals surface area contributed by atoms with Gasteiger partial charge in [-0.05, 0) is 23.3 Å². The Morgan fingerprint density at radius 3 is 1.67 bits per heavy atom. The molecule has 0 aromatic carbocycles. The van der Waals surface area contributed by atoms with E-state index in [1.807, 2.05) is 0 Å². The van der Waals surface area contributed by atoms with Crippen LogP contribution in [0.2, 0.25) is 5.04 Å². The molecule has 0 aliphatic rings. The fourth-order valence-corrected chi connectivity index (χ4v) is 5.44. The summed E-state index contributed by atoms with van der Waals surface area (Å²) >= 11 is 6.23. The van der Waals surface area contributed by atoms with E-state index in [1.165, 1.54) is 12.8 Å². The van der Waals surface area contributed by atoms with Crippen molar-refractivity contribution < 1.29 is 0 Å². The van der Waals surface area contributed by atoms with Crippen LogP contribution in [-0.2, 0) is 0 Å².